The van der Waals surface area contributed by atoms with Crippen LogP contribution in [0.5, 0.6) is 0 Å². The minimum Gasteiger partial charge on any atom is -0.398 e. The molecule has 0 saturated heterocycles. The average Bonchev–Trinajstić information content (AvgIpc) is 2.36. The van der Waals surface area contributed by atoms with Gasteiger partial charge in [0.15, 0.2) is 0 Å². The van der Waals surface area contributed by atoms with Crippen LogP contribution < -0.4 is 10.5 Å². The molecule has 0 radical (unpaired) electrons. The van der Waals surface area contributed by atoms with E-state index in [4.69, 9.17) is 17.3 Å². The lowest BCUT2D eigenvalue weighted by Crippen LogP contribution is -2.14. The van der Waals surface area contributed by atoms with Gasteiger partial charge in [0.2, 0.25) is 0 Å². The monoisotopic (exact) mass is 311 g/mol. The molecule has 20 heavy (non-hydrogen) atoms. The van der Waals surface area contributed by atoms with E-state index in [-0.39, 0.29) is 9.92 Å². The molecule has 3 N–H and O–H groups in total. The fourth-order valence-corrected chi connectivity index (χ4v) is 3.06. The van der Waals surface area contributed by atoms with Crippen LogP contribution in [0.3, 0.4) is 0 Å². The molecule has 0 atom stereocenters. The quantitative estimate of drug-likeness (QED) is 0.853. The summed E-state index contributed by atoms with van der Waals surface area (Å²) in [6.07, 6.45) is 0. The van der Waals surface area contributed by atoms with Crippen LogP contribution in [0.2, 0.25) is 5.02 Å². The van der Waals surface area contributed by atoms with Crippen LogP contribution in [-0.2, 0) is 10.0 Å². The molecule has 5 nitrogen and oxygen atoms in total. The van der Waals surface area contributed by atoms with Gasteiger partial charge in [-0.05, 0) is 44.2 Å². The van der Waals surface area contributed by atoms with E-state index in [1.807, 2.05) is 6.92 Å². The van der Waals surface area contributed by atoms with Gasteiger partial charge in [-0.1, -0.05) is 11.6 Å². The van der Waals surface area contributed by atoms with Crippen molar-refractivity contribution in [2.24, 2.45) is 0 Å². The second-order valence-electron chi connectivity index (χ2n) is 4.37. The van der Waals surface area contributed by atoms with Crippen LogP contribution in [0.1, 0.15) is 11.4 Å². The smallest absolute Gasteiger partial charge is 0.262 e. The number of nitrogen functional groups attached to an aromatic ring is 1. The van der Waals surface area contributed by atoms with Crippen molar-refractivity contribution in [3.63, 3.8) is 0 Å². The minimum absolute atomic E-state index is 0.0525. The van der Waals surface area contributed by atoms with Gasteiger partial charge in [-0.2, -0.15) is 0 Å². The van der Waals surface area contributed by atoms with Crippen LogP contribution in [0.4, 0.5) is 11.4 Å². The molecule has 0 saturated carbocycles. The number of nitrogens with two attached hydrogens (primary N) is 1. The summed E-state index contributed by atoms with van der Waals surface area (Å²) in [6.45, 7) is 3.58. The fourth-order valence-electron chi connectivity index (χ4n) is 1.67. The van der Waals surface area contributed by atoms with Crippen LogP contribution in [-0.4, -0.2) is 13.4 Å². The summed E-state index contributed by atoms with van der Waals surface area (Å²) >= 11 is 5.85. The summed E-state index contributed by atoms with van der Waals surface area (Å²) in [7, 11) is -3.72. The zero-order chi connectivity index (χ0) is 14.9. The van der Waals surface area contributed by atoms with Gasteiger partial charge < -0.3 is 5.73 Å². The molecule has 0 aliphatic carbocycles. The van der Waals surface area contributed by atoms with Crippen LogP contribution in [0.25, 0.3) is 0 Å². The van der Waals surface area contributed by atoms with Crippen molar-refractivity contribution in [2.45, 2.75) is 18.7 Å². The molecule has 0 spiro atoms. The molecule has 1 aromatic carbocycles. The Bertz CT molecular complexity index is 760. The van der Waals surface area contributed by atoms with Crippen molar-refractivity contribution in [3.05, 3.63) is 46.7 Å². The number of sulfonamides is 1. The second-order valence-corrected chi connectivity index (χ2v) is 6.46. The number of pyridine rings is 1. The van der Waals surface area contributed by atoms with E-state index >= 15 is 0 Å². The lowest BCUT2D eigenvalue weighted by Gasteiger charge is -2.11. The van der Waals surface area contributed by atoms with Crippen LogP contribution in [0, 0.1) is 13.8 Å². The van der Waals surface area contributed by atoms with Gasteiger partial charge in [0, 0.05) is 5.69 Å². The first-order valence-electron chi connectivity index (χ1n) is 5.82. The first kappa shape index (κ1) is 14.6. The summed E-state index contributed by atoms with van der Waals surface area (Å²) in [4.78, 5) is 4.26. The topological polar surface area (TPSA) is 85.1 Å². The Morgan fingerprint density at radius 1 is 1.20 bits per heavy atom. The Hall–Kier alpha value is -1.79. The number of aryl methyl sites for hydroxylation is 2. The van der Waals surface area contributed by atoms with Crippen molar-refractivity contribution in [2.75, 3.05) is 10.5 Å². The summed E-state index contributed by atoms with van der Waals surface area (Å²) in [5, 5.41) is 0.201. The van der Waals surface area contributed by atoms with Gasteiger partial charge in [0.1, 0.15) is 0 Å². The Morgan fingerprint density at radius 2 is 1.90 bits per heavy atom. The molecule has 7 heteroatoms. The molecule has 0 unspecified atom stereocenters. The molecule has 1 heterocycles. The van der Waals surface area contributed by atoms with Crippen LogP contribution >= 0.6 is 11.6 Å². The molecule has 0 bridgehead atoms. The highest BCUT2D eigenvalue weighted by atomic mass is 35.5. The maximum Gasteiger partial charge on any atom is 0.262 e. The van der Waals surface area contributed by atoms with Gasteiger partial charge in [-0.15, -0.1) is 0 Å². The normalized spacial score (nSPS) is 11.3. The maximum absolute atomic E-state index is 12.3. The molecule has 2 aromatic rings. The molecule has 0 fully saturated rings. The summed E-state index contributed by atoms with van der Waals surface area (Å²) in [5.74, 6) is 0. The number of nitrogens with one attached hydrogen (secondary N) is 1. The number of hydrogen-bond donors (Lipinski definition) is 2. The lowest BCUT2D eigenvalue weighted by molar-refractivity contribution is 0.601. The van der Waals surface area contributed by atoms with E-state index in [0.717, 1.165) is 5.69 Å². The predicted octanol–water partition coefficient (Wildman–Crippen LogP) is 2.73. The first-order valence-corrected chi connectivity index (χ1v) is 7.68. The highest BCUT2D eigenvalue weighted by Crippen LogP contribution is 2.24. The van der Waals surface area contributed by atoms with Crippen LogP contribution in [0.15, 0.2) is 35.2 Å². The summed E-state index contributed by atoms with van der Waals surface area (Å²) in [5.41, 5.74) is 7.76. The van der Waals surface area contributed by atoms with Crippen molar-refractivity contribution in [3.8, 4) is 0 Å². The lowest BCUT2D eigenvalue weighted by atomic mass is 10.3. The number of anilines is 2. The maximum atomic E-state index is 12.3. The molecular weight excluding hydrogens is 298 g/mol. The Labute approximate surface area is 122 Å². The number of hydrogen-bond acceptors (Lipinski definition) is 4. The molecule has 1 aromatic heterocycles. The molecule has 0 amide bonds. The average molecular weight is 312 g/mol. The van der Waals surface area contributed by atoms with Gasteiger partial charge in [-0.3, -0.25) is 9.71 Å². The number of aromatic nitrogens is 1. The van der Waals surface area contributed by atoms with Gasteiger partial charge in [0.25, 0.3) is 10.0 Å². The Kier molecular flexibility index (Phi) is 3.87. The fraction of sp³-hybridized carbons (Fsp3) is 0.154. The SMILES string of the molecule is Cc1ccc(NS(=O)(=O)c2ccc(N)c(Cl)c2)c(C)n1. The van der Waals surface area contributed by atoms with Gasteiger partial charge in [0.05, 0.1) is 27.0 Å². The first-order chi connectivity index (χ1) is 9.29. The van der Waals surface area contributed by atoms with Gasteiger partial charge >= 0.3 is 0 Å². The number of benzene rings is 1. The van der Waals surface area contributed by atoms with E-state index in [2.05, 4.69) is 9.71 Å². The standard InChI is InChI=1S/C13H14ClN3O2S/c1-8-3-6-13(9(2)16-8)17-20(18,19)10-4-5-12(15)11(14)7-10/h3-7,17H,15H2,1-2H3. The highest BCUT2D eigenvalue weighted by Gasteiger charge is 2.16. The van der Waals surface area contributed by atoms with E-state index in [1.165, 1.54) is 18.2 Å². The van der Waals surface area contributed by atoms with Gasteiger partial charge in [-0.25, -0.2) is 8.42 Å². The molecule has 0 aliphatic heterocycles. The number of nitrogens with zero attached hydrogens (tertiary/aromatic N) is 1. The molecule has 106 valence electrons. The zero-order valence-electron chi connectivity index (χ0n) is 11.0. The third-order valence-electron chi connectivity index (χ3n) is 2.75. The third kappa shape index (κ3) is 3.02. The van der Waals surface area contributed by atoms with E-state index in [0.29, 0.717) is 17.1 Å². The Balaban J connectivity index is 2.38. The van der Waals surface area contributed by atoms with Crippen molar-refractivity contribution in [1.29, 1.82) is 0 Å². The summed E-state index contributed by atoms with van der Waals surface area (Å²) in [6, 6.07) is 7.59. The van der Waals surface area contributed by atoms with Crippen molar-refractivity contribution in [1.82, 2.24) is 4.98 Å². The zero-order valence-corrected chi connectivity index (χ0v) is 12.6. The number of rotatable bonds is 3. The minimum atomic E-state index is -3.72. The predicted molar refractivity (Wildman–Crippen MR) is 80.4 cm³/mol. The largest absolute Gasteiger partial charge is 0.398 e. The van der Waals surface area contributed by atoms with E-state index < -0.39 is 10.0 Å². The van der Waals surface area contributed by atoms with Crippen molar-refractivity contribution >= 4 is 33.0 Å². The molecular formula is C13H14ClN3O2S. The van der Waals surface area contributed by atoms with E-state index in [9.17, 15) is 8.42 Å². The highest BCUT2D eigenvalue weighted by molar-refractivity contribution is 7.92. The molecule has 0 aliphatic rings. The van der Waals surface area contributed by atoms with Crippen molar-refractivity contribution < 1.29 is 8.42 Å². The third-order valence-corrected chi connectivity index (χ3v) is 4.44. The summed E-state index contributed by atoms with van der Waals surface area (Å²) < 4.78 is 27.0. The Morgan fingerprint density at radius 3 is 2.50 bits per heavy atom. The molecule has 2 rings (SSSR count). The number of halogens is 1. The van der Waals surface area contributed by atoms with E-state index in [1.54, 1.807) is 19.1 Å². The second kappa shape index (κ2) is 5.30.